The molecule has 1 aromatic carbocycles. The first-order chi connectivity index (χ1) is 5.16. The lowest BCUT2D eigenvalue weighted by Gasteiger charge is -1.99. The van der Waals surface area contributed by atoms with Crippen molar-refractivity contribution >= 4 is 17.3 Å². The SMILES string of the molecule is N#Cc1ccc(F)c(N)c1Cl. The van der Waals surface area contributed by atoms with E-state index in [9.17, 15) is 4.39 Å². The van der Waals surface area contributed by atoms with Crippen molar-refractivity contribution in [1.29, 1.82) is 5.26 Å². The van der Waals surface area contributed by atoms with E-state index >= 15 is 0 Å². The van der Waals surface area contributed by atoms with Crippen molar-refractivity contribution in [3.05, 3.63) is 28.5 Å². The van der Waals surface area contributed by atoms with Gasteiger partial charge in [0, 0.05) is 0 Å². The normalized spacial score (nSPS) is 9.18. The van der Waals surface area contributed by atoms with Crippen LogP contribution in [0, 0.1) is 17.1 Å². The van der Waals surface area contributed by atoms with Gasteiger partial charge in [0.25, 0.3) is 0 Å². The minimum atomic E-state index is -0.603. The number of nitriles is 1. The summed E-state index contributed by atoms with van der Waals surface area (Å²) in [6.07, 6.45) is 0. The first-order valence-corrected chi connectivity index (χ1v) is 3.18. The maximum atomic E-state index is 12.6. The summed E-state index contributed by atoms with van der Waals surface area (Å²) in [4.78, 5) is 0. The van der Waals surface area contributed by atoms with Gasteiger partial charge in [-0.1, -0.05) is 11.6 Å². The van der Waals surface area contributed by atoms with Crippen molar-refractivity contribution in [2.45, 2.75) is 0 Å². The lowest BCUT2D eigenvalue weighted by molar-refractivity contribution is 0.632. The predicted molar refractivity (Wildman–Crippen MR) is 40.5 cm³/mol. The molecule has 0 aliphatic rings. The molecule has 56 valence electrons. The minimum absolute atomic E-state index is 0.0208. The zero-order chi connectivity index (χ0) is 8.43. The standard InChI is InChI=1S/C7H4ClFN2/c8-6-4(3-10)1-2-5(9)7(6)11/h1-2H,11H2. The van der Waals surface area contributed by atoms with Gasteiger partial charge >= 0.3 is 0 Å². The van der Waals surface area contributed by atoms with Crippen LogP contribution in [0.5, 0.6) is 0 Å². The van der Waals surface area contributed by atoms with E-state index in [1.165, 1.54) is 6.07 Å². The van der Waals surface area contributed by atoms with Crippen LogP contribution in [0.3, 0.4) is 0 Å². The molecule has 0 amide bonds. The van der Waals surface area contributed by atoms with Crippen molar-refractivity contribution in [3.8, 4) is 6.07 Å². The van der Waals surface area contributed by atoms with E-state index in [0.29, 0.717) is 0 Å². The first-order valence-electron chi connectivity index (χ1n) is 2.80. The first kappa shape index (κ1) is 7.83. The van der Waals surface area contributed by atoms with E-state index in [1.807, 2.05) is 0 Å². The number of nitrogens with two attached hydrogens (primary N) is 1. The molecule has 0 unspecified atom stereocenters. The molecule has 0 saturated heterocycles. The molecule has 0 aromatic heterocycles. The van der Waals surface area contributed by atoms with Gasteiger partial charge in [0.15, 0.2) is 0 Å². The lowest BCUT2D eigenvalue weighted by Crippen LogP contribution is -1.93. The maximum absolute atomic E-state index is 12.6. The highest BCUT2D eigenvalue weighted by Crippen LogP contribution is 2.24. The van der Waals surface area contributed by atoms with Gasteiger partial charge < -0.3 is 5.73 Å². The number of benzene rings is 1. The fraction of sp³-hybridized carbons (Fsp3) is 0. The minimum Gasteiger partial charge on any atom is -0.395 e. The monoisotopic (exact) mass is 170 g/mol. The number of nitrogen functional groups attached to an aromatic ring is 1. The van der Waals surface area contributed by atoms with E-state index < -0.39 is 5.82 Å². The third kappa shape index (κ3) is 1.26. The van der Waals surface area contributed by atoms with E-state index in [1.54, 1.807) is 6.07 Å². The van der Waals surface area contributed by atoms with E-state index in [2.05, 4.69) is 0 Å². The van der Waals surface area contributed by atoms with Crippen LogP contribution in [0.2, 0.25) is 5.02 Å². The largest absolute Gasteiger partial charge is 0.395 e. The zero-order valence-corrected chi connectivity index (χ0v) is 6.19. The van der Waals surface area contributed by atoms with Crippen molar-refractivity contribution in [1.82, 2.24) is 0 Å². The molecular formula is C7H4ClFN2. The van der Waals surface area contributed by atoms with Gasteiger partial charge in [-0.15, -0.1) is 0 Å². The second-order valence-electron chi connectivity index (χ2n) is 1.93. The second kappa shape index (κ2) is 2.77. The molecule has 2 N–H and O–H groups in total. The molecule has 0 radical (unpaired) electrons. The van der Waals surface area contributed by atoms with Crippen LogP contribution in [0.15, 0.2) is 12.1 Å². The number of rotatable bonds is 0. The molecule has 0 bridgehead atoms. The Balaban J connectivity index is 3.40. The molecule has 4 heteroatoms. The van der Waals surface area contributed by atoms with Crippen molar-refractivity contribution in [2.75, 3.05) is 5.73 Å². The fourth-order valence-electron chi connectivity index (χ4n) is 0.656. The smallest absolute Gasteiger partial charge is 0.147 e. The van der Waals surface area contributed by atoms with Gasteiger partial charge in [0.05, 0.1) is 16.3 Å². The Morgan fingerprint density at radius 3 is 2.73 bits per heavy atom. The number of nitrogens with zero attached hydrogens (tertiary/aromatic N) is 1. The van der Waals surface area contributed by atoms with Gasteiger partial charge in [-0.05, 0) is 12.1 Å². The molecule has 0 fully saturated rings. The predicted octanol–water partition coefficient (Wildman–Crippen LogP) is 1.93. The van der Waals surface area contributed by atoms with Gasteiger partial charge in [0.1, 0.15) is 11.9 Å². The molecular weight excluding hydrogens is 167 g/mol. The summed E-state index contributed by atoms with van der Waals surface area (Å²) in [5.74, 6) is -0.603. The Hall–Kier alpha value is -1.27. The Morgan fingerprint density at radius 1 is 1.55 bits per heavy atom. The average molecular weight is 171 g/mol. The maximum Gasteiger partial charge on any atom is 0.147 e. The molecule has 0 spiro atoms. The topological polar surface area (TPSA) is 49.8 Å². The van der Waals surface area contributed by atoms with Gasteiger partial charge in [-0.25, -0.2) is 4.39 Å². The molecule has 1 aromatic rings. The van der Waals surface area contributed by atoms with Crippen LogP contribution in [-0.4, -0.2) is 0 Å². The Morgan fingerprint density at radius 2 is 2.18 bits per heavy atom. The van der Waals surface area contributed by atoms with Gasteiger partial charge in [-0.3, -0.25) is 0 Å². The lowest BCUT2D eigenvalue weighted by atomic mass is 10.2. The Bertz CT molecular complexity index is 330. The van der Waals surface area contributed by atoms with Crippen molar-refractivity contribution < 1.29 is 4.39 Å². The molecule has 2 nitrogen and oxygen atoms in total. The molecule has 11 heavy (non-hydrogen) atoms. The quantitative estimate of drug-likeness (QED) is 0.605. The van der Waals surface area contributed by atoms with E-state index in [-0.39, 0.29) is 16.3 Å². The summed E-state index contributed by atoms with van der Waals surface area (Å²) in [5.41, 5.74) is 5.21. The second-order valence-corrected chi connectivity index (χ2v) is 2.31. The molecule has 1 rings (SSSR count). The highest BCUT2D eigenvalue weighted by atomic mass is 35.5. The molecule has 0 atom stereocenters. The third-order valence-corrected chi connectivity index (χ3v) is 1.65. The summed E-state index contributed by atoms with van der Waals surface area (Å²) in [6, 6.07) is 4.18. The van der Waals surface area contributed by atoms with Crippen LogP contribution in [0.25, 0.3) is 0 Å². The third-order valence-electron chi connectivity index (χ3n) is 1.25. The van der Waals surface area contributed by atoms with Crippen LogP contribution in [0.4, 0.5) is 10.1 Å². The number of hydrogen-bond acceptors (Lipinski definition) is 2. The highest BCUT2D eigenvalue weighted by Gasteiger charge is 2.06. The van der Waals surface area contributed by atoms with Crippen LogP contribution >= 0.6 is 11.6 Å². The fourth-order valence-corrected chi connectivity index (χ4v) is 0.851. The Kier molecular flexibility index (Phi) is 1.97. The number of halogens is 2. The summed E-state index contributed by atoms with van der Waals surface area (Å²) in [5, 5.41) is 8.40. The summed E-state index contributed by atoms with van der Waals surface area (Å²) >= 11 is 5.51. The van der Waals surface area contributed by atoms with Crippen LogP contribution in [-0.2, 0) is 0 Å². The van der Waals surface area contributed by atoms with Gasteiger partial charge in [-0.2, -0.15) is 5.26 Å². The molecule has 0 heterocycles. The van der Waals surface area contributed by atoms with Gasteiger partial charge in [0.2, 0.25) is 0 Å². The summed E-state index contributed by atoms with van der Waals surface area (Å²) < 4.78 is 12.6. The summed E-state index contributed by atoms with van der Waals surface area (Å²) in [6.45, 7) is 0. The Labute approximate surface area is 68.0 Å². The van der Waals surface area contributed by atoms with Crippen LogP contribution in [0.1, 0.15) is 5.56 Å². The number of anilines is 1. The highest BCUT2D eigenvalue weighted by molar-refractivity contribution is 6.34. The molecule has 0 aliphatic heterocycles. The van der Waals surface area contributed by atoms with Crippen molar-refractivity contribution in [2.24, 2.45) is 0 Å². The molecule has 0 aliphatic carbocycles. The van der Waals surface area contributed by atoms with Crippen molar-refractivity contribution in [3.63, 3.8) is 0 Å². The number of hydrogen-bond donors (Lipinski definition) is 1. The van der Waals surface area contributed by atoms with E-state index in [0.717, 1.165) is 6.07 Å². The average Bonchev–Trinajstić information content (AvgIpc) is 2.01. The zero-order valence-electron chi connectivity index (χ0n) is 5.44. The van der Waals surface area contributed by atoms with E-state index in [4.69, 9.17) is 22.6 Å². The molecule has 0 saturated carbocycles. The summed E-state index contributed by atoms with van der Waals surface area (Å²) in [7, 11) is 0. The van der Waals surface area contributed by atoms with Crippen LogP contribution < -0.4 is 5.73 Å².